The third-order valence-corrected chi connectivity index (χ3v) is 6.22. The highest BCUT2D eigenvalue weighted by Gasteiger charge is 2.30. The molecule has 0 bridgehead atoms. The number of carbonyl (C=O) groups is 1. The first-order valence-electron chi connectivity index (χ1n) is 11.1. The van der Waals surface area contributed by atoms with Gasteiger partial charge in [0.15, 0.2) is 0 Å². The van der Waals surface area contributed by atoms with Crippen LogP contribution in [0, 0.1) is 12.8 Å². The van der Waals surface area contributed by atoms with Crippen molar-refractivity contribution in [1.29, 1.82) is 0 Å². The van der Waals surface area contributed by atoms with Crippen LogP contribution in [0.1, 0.15) is 60.5 Å². The number of halogens is 4. The van der Waals surface area contributed by atoms with Gasteiger partial charge >= 0.3 is 6.18 Å². The Balaban J connectivity index is 1.65. The Morgan fingerprint density at radius 2 is 2.06 bits per heavy atom. The largest absolute Gasteiger partial charge is 0.390 e. The van der Waals surface area contributed by atoms with Crippen LogP contribution < -0.4 is 5.32 Å². The molecule has 5 nitrogen and oxygen atoms in total. The van der Waals surface area contributed by atoms with E-state index >= 15 is 0 Å². The Kier molecular flexibility index (Phi) is 6.79. The number of fused-ring (bicyclic) bond motifs is 1. The predicted octanol–water partition coefficient (Wildman–Crippen LogP) is 5.96. The van der Waals surface area contributed by atoms with Crippen molar-refractivity contribution in [3.8, 4) is 0 Å². The second-order valence-electron chi connectivity index (χ2n) is 8.79. The summed E-state index contributed by atoms with van der Waals surface area (Å²) in [4.78, 5) is 16.8. The molecule has 1 unspecified atom stereocenters. The van der Waals surface area contributed by atoms with Gasteiger partial charge in [-0.25, -0.2) is 5.01 Å². The van der Waals surface area contributed by atoms with E-state index in [9.17, 15) is 18.0 Å². The highest BCUT2D eigenvalue weighted by Crippen LogP contribution is 2.35. The van der Waals surface area contributed by atoms with Crippen LogP contribution in [0.3, 0.4) is 0 Å². The van der Waals surface area contributed by atoms with Crippen LogP contribution in [0.15, 0.2) is 46.1 Å². The number of allylic oxidation sites excluding steroid dienone is 3. The Labute approximate surface area is 199 Å². The Bertz CT molecular complexity index is 1070. The highest BCUT2D eigenvalue weighted by molar-refractivity contribution is 9.18. The van der Waals surface area contributed by atoms with Gasteiger partial charge in [-0.05, 0) is 65.7 Å². The van der Waals surface area contributed by atoms with Gasteiger partial charge in [-0.15, -0.1) is 0 Å². The summed E-state index contributed by atoms with van der Waals surface area (Å²) in [5.41, 5.74) is 4.50. The van der Waals surface area contributed by atoms with Crippen LogP contribution in [0.2, 0.25) is 0 Å². The average molecular weight is 523 g/mol. The average Bonchev–Trinajstić information content (AvgIpc) is 3.54. The van der Waals surface area contributed by atoms with Crippen LogP contribution in [-0.4, -0.2) is 40.0 Å². The van der Waals surface area contributed by atoms with E-state index in [0.717, 1.165) is 36.1 Å². The number of rotatable bonds is 5. The Morgan fingerprint density at radius 1 is 1.30 bits per heavy atom. The summed E-state index contributed by atoms with van der Waals surface area (Å²) in [6, 6.07) is 5.96. The molecule has 3 aliphatic rings. The van der Waals surface area contributed by atoms with E-state index in [4.69, 9.17) is 0 Å². The lowest BCUT2D eigenvalue weighted by molar-refractivity contribution is -0.132. The summed E-state index contributed by atoms with van der Waals surface area (Å²) < 4.78 is 38.6. The number of aliphatic imine (C=N–C) groups is 1. The molecule has 33 heavy (non-hydrogen) atoms. The molecule has 0 saturated heterocycles. The normalized spacial score (nSPS) is 22.2. The maximum atomic E-state index is 12.7. The second-order valence-corrected chi connectivity index (χ2v) is 9.71. The molecule has 1 aromatic carbocycles. The van der Waals surface area contributed by atoms with E-state index < -0.39 is 12.6 Å². The number of aryl methyl sites for hydroxylation is 1. The molecule has 1 N–H and O–H groups in total. The fourth-order valence-electron chi connectivity index (χ4n) is 3.88. The number of nitrogens with one attached hydrogen (secondary N) is 1. The number of nitrogens with zero attached hydrogens (tertiary/aromatic N) is 3. The lowest BCUT2D eigenvalue weighted by Gasteiger charge is -2.30. The monoisotopic (exact) mass is 522 g/mol. The maximum absolute atomic E-state index is 12.7. The van der Waals surface area contributed by atoms with Crippen molar-refractivity contribution >= 4 is 37.9 Å². The molecule has 1 aliphatic carbocycles. The van der Waals surface area contributed by atoms with Gasteiger partial charge < -0.3 is 5.32 Å². The smallest absolute Gasteiger partial charge is 0.349 e. The van der Waals surface area contributed by atoms with E-state index in [0.29, 0.717) is 28.0 Å². The molecule has 1 aromatic rings. The minimum atomic E-state index is -4.24. The van der Waals surface area contributed by atoms with E-state index in [1.54, 1.807) is 5.01 Å². The first-order valence-corrected chi connectivity index (χ1v) is 11.9. The van der Waals surface area contributed by atoms with Crippen molar-refractivity contribution < 1.29 is 18.0 Å². The molecule has 1 saturated carbocycles. The highest BCUT2D eigenvalue weighted by atomic mass is 79.9. The zero-order valence-electron chi connectivity index (χ0n) is 18.5. The summed E-state index contributed by atoms with van der Waals surface area (Å²) >= 11 is 3.43. The van der Waals surface area contributed by atoms with Gasteiger partial charge in [0.1, 0.15) is 4.62 Å². The lowest BCUT2D eigenvalue weighted by atomic mass is 10.00. The van der Waals surface area contributed by atoms with Crippen LogP contribution >= 0.6 is 15.9 Å². The SMILES string of the molecule is Cc1cc(C2=CC(C)CC=C3C(=NCCC(F)(F)F)CC(Br)=NN32)ccc1C(=O)NC1CC1. The van der Waals surface area contributed by atoms with Gasteiger partial charge in [0.05, 0.1) is 23.5 Å². The number of benzene rings is 1. The van der Waals surface area contributed by atoms with Crippen molar-refractivity contribution in [3.63, 3.8) is 0 Å². The number of alkyl halides is 3. The fourth-order valence-corrected chi connectivity index (χ4v) is 4.31. The molecule has 9 heteroatoms. The molecule has 1 fully saturated rings. The molecule has 0 spiro atoms. The molecular weight excluding hydrogens is 497 g/mol. The molecule has 2 heterocycles. The molecule has 0 radical (unpaired) electrons. The van der Waals surface area contributed by atoms with Crippen molar-refractivity contribution in [3.05, 3.63) is 52.7 Å². The van der Waals surface area contributed by atoms with Crippen LogP contribution in [-0.2, 0) is 0 Å². The number of carbonyl (C=O) groups excluding carboxylic acids is 1. The van der Waals surface area contributed by atoms with Crippen molar-refractivity contribution in [2.75, 3.05) is 6.54 Å². The zero-order chi connectivity index (χ0) is 23.8. The maximum Gasteiger partial charge on any atom is 0.390 e. The number of hydrogen-bond donors (Lipinski definition) is 1. The third kappa shape index (κ3) is 5.93. The molecule has 0 aromatic heterocycles. The molecule has 1 atom stereocenters. The van der Waals surface area contributed by atoms with Crippen molar-refractivity contribution in [2.24, 2.45) is 16.0 Å². The van der Waals surface area contributed by atoms with Crippen molar-refractivity contribution in [2.45, 2.75) is 58.2 Å². The summed E-state index contributed by atoms with van der Waals surface area (Å²) in [6.07, 6.45) is 2.02. The predicted molar refractivity (Wildman–Crippen MR) is 127 cm³/mol. The van der Waals surface area contributed by atoms with Gasteiger partial charge in [-0.1, -0.05) is 25.1 Å². The number of amides is 1. The van der Waals surface area contributed by atoms with Crippen LogP contribution in [0.25, 0.3) is 5.70 Å². The minimum absolute atomic E-state index is 0.0665. The van der Waals surface area contributed by atoms with Gasteiger partial charge in [0, 0.05) is 30.1 Å². The number of hydrogen-bond acceptors (Lipinski definition) is 4. The van der Waals surface area contributed by atoms with E-state index in [1.165, 1.54) is 0 Å². The zero-order valence-corrected chi connectivity index (χ0v) is 20.1. The minimum Gasteiger partial charge on any atom is -0.349 e. The fraction of sp³-hybridized carbons (Fsp3) is 0.458. The molecule has 1 amide bonds. The molecule has 2 aliphatic heterocycles. The Morgan fingerprint density at radius 3 is 2.73 bits per heavy atom. The molecule has 4 rings (SSSR count). The van der Waals surface area contributed by atoms with Crippen LogP contribution in [0.4, 0.5) is 13.2 Å². The van der Waals surface area contributed by atoms with E-state index in [-0.39, 0.29) is 24.4 Å². The standard InChI is InChI=1S/C24H26BrF3N4O/c1-14-3-8-20-19(29-10-9-24(26,27)28)13-22(25)31-32(20)21(11-14)16-4-7-18(15(2)12-16)23(33)30-17-5-6-17/h4,7-8,11-12,14,17H,3,5-6,9-10,13H2,1-2H3,(H,30,33). The molecule has 176 valence electrons. The first-order chi connectivity index (χ1) is 15.6. The summed E-state index contributed by atoms with van der Waals surface area (Å²) in [5, 5.41) is 9.42. The van der Waals surface area contributed by atoms with Gasteiger partial charge in [0.2, 0.25) is 0 Å². The van der Waals surface area contributed by atoms with E-state index in [2.05, 4.69) is 44.3 Å². The van der Waals surface area contributed by atoms with Gasteiger partial charge in [-0.3, -0.25) is 9.79 Å². The second kappa shape index (κ2) is 9.44. The topological polar surface area (TPSA) is 57.1 Å². The van der Waals surface area contributed by atoms with E-state index in [1.807, 2.05) is 31.2 Å². The molecular formula is C24H26BrF3N4O. The summed E-state index contributed by atoms with van der Waals surface area (Å²) in [7, 11) is 0. The third-order valence-electron chi connectivity index (χ3n) is 5.78. The first kappa shape index (κ1) is 23.7. The van der Waals surface area contributed by atoms with Gasteiger partial charge in [-0.2, -0.15) is 18.3 Å². The van der Waals surface area contributed by atoms with Crippen molar-refractivity contribution in [1.82, 2.24) is 10.3 Å². The lowest BCUT2D eigenvalue weighted by Crippen LogP contribution is -2.29. The van der Waals surface area contributed by atoms with Crippen LogP contribution in [0.5, 0.6) is 0 Å². The summed E-state index contributed by atoms with van der Waals surface area (Å²) in [6.45, 7) is 3.67. The Hall–Kier alpha value is -2.42. The summed E-state index contributed by atoms with van der Waals surface area (Å²) in [5.74, 6) is 0.129. The quantitative estimate of drug-likeness (QED) is 0.518. The number of hydrazone groups is 1. The van der Waals surface area contributed by atoms with Gasteiger partial charge in [0.25, 0.3) is 5.91 Å².